The van der Waals surface area contributed by atoms with Gasteiger partial charge in [-0.05, 0) is 38.5 Å². The van der Waals surface area contributed by atoms with E-state index in [-0.39, 0.29) is 23.8 Å². The maximum absolute atomic E-state index is 13.1. The van der Waals surface area contributed by atoms with Gasteiger partial charge in [0.1, 0.15) is 23.2 Å². The molecule has 5 heteroatoms. The minimum Gasteiger partial charge on any atom is -0.389 e. The average Bonchev–Trinajstić information content (AvgIpc) is 2.36. The number of aliphatic hydroxyl groups is 1. The van der Waals surface area contributed by atoms with Gasteiger partial charge in [0.2, 0.25) is 0 Å². The standard InChI is InChI=1S/C17H19FO4/c1-9(19)14-13(21)8-17(3,22)16(10(2)20)15(14)11-4-6-12(18)7-5-11/h4-7,14-16,22H,8H2,1-3H3/t14-,15+,16-,17+/m0/s1. The highest BCUT2D eigenvalue weighted by molar-refractivity contribution is 6.05. The van der Waals surface area contributed by atoms with E-state index in [2.05, 4.69) is 0 Å². The number of benzene rings is 1. The zero-order valence-electron chi connectivity index (χ0n) is 12.8. The molecule has 1 aliphatic rings. The maximum atomic E-state index is 13.1. The van der Waals surface area contributed by atoms with Crippen molar-refractivity contribution in [2.75, 3.05) is 0 Å². The molecular formula is C17H19FO4. The molecule has 118 valence electrons. The SMILES string of the molecule is CC(=O)[C@H]1C(=O)C[C@@](C)(O)[C@@H](C(C)=O)[C@@H]1c1ccc(F)cc1. The van der Waals surface area contributed by atoms with E-state index < -0.39 is 29.2 Å². The summed E-state index contributed by atoms with van der Waals surface area (Å²) in [6.45, 7) is 4.07. The van der Waals surface area contributed by atoms with Crippen LogP contribution in [0.4, 0.5) is 4.39 Å². The van der Waals surface area contributed by atoms with Crippen LogP contribution in [0.3, 0.4) is 0 Å². The number of halogens is 1. The van der Waals surface area contributed by atoms with Gasteiger partial charge in [-0.3, -0.25) is 14.4 Å². The van der Waals surface area contributed by atoms with Crippen LogP contribution in [0.15, 0.2) is 24.3 Å². The summed E-state index contributed by atoms with van der Waals surface area (Å²) in [4.78, 5) is 36.3. The van der Waals surface area contributed by atoms with Gasteiger partial charge >= 0.3 is 0 Å². The zero-order valence-corrected chi connectivity index (χ0v) is 12.8. The maximum Gasteiger partial charge on any atom is 0.146 e. The third kappa shape index (κ3) is 2.86. The Morgan fingerprint density at radius 3 is 2.18 bits per heavy atom. The monoisotopic (exact) mass is 306 g/mol. The van der Waals surface area contributed by atoms with E-state index in [1.54, 1.807) is 0 Å². The molecule has 0 bridgehead atoms. The number of hydrogen-bond acceptors (Lipinski definition) is 4. The molecule has 22 heavy (non-hydrogen) atoms. The lowest BCUT2D eigenvalue weighted by Gasteiger charge is -2.44. The Morgan fingerprint density at radius 2 is 1.73 bits per heavy atom. The lowest BCUT2D eigenvalue weighted by Crippen LogP contribution is -2.53. The average molecular weight is 306 g/mol. The van der Waals surface area contributed by atoms with Gasteiger partial charge in [0.15, 0.2) is 0 Å². The molecule has 0 aromatic heterocycles. The molecule has 2 rings (SSSR count). The summed E-state index contributed by atoms with van der Waals surface area (Å²) >= 11 is 0. The van der Waals surface area contributed by atoms with Crippen molar-refractivity contribution in [3.63, 3.8) is 0 Å². The molecule has 0 heterocycles. The minimum absolute atomic E-state index is 0.237. The number of Topliss-reactive ketones (excluding diaryl/α,β-unsaturated/α-hetero) is 3. The molecule has 0 spiro atoms. The van der Waals surface area contributed by atoms with Crippen LogP contribution < -0.4 is 0 Å². The van der Waals surface area contributed by atoms with Crippen molar-refractivity contribution in [2.45, 2.75) is 38.7 Å². The summed E-state index contributed by atoms with van der Waals surface area (Å²) in [5.41, 5.74) is -1.01. The van der Waals surface area contributed by atoms with Crippen LogP contribution in [-0.4, -0.2) is 28.1 Å². The van der Waals surface area contributed by atoms with E-state index in [1.807, 2.05) is 0 Å². The van der Waals surface area contributed by atoms with Crippen molar-refractivity contribution in [2.24, 2.45) is 11.8 Å². The molecule has 0 amide bonds. The van der Waals surface area contributed by atoms with Crippen molar-refractivity contribution in [1.82, 2.24) is 0 Å². The molecule has 0 aliphatic heterocycles. The summed E-state index contributed by atoms with van der Waals surface area (Å²) in [7, 11) is 0. The normalized spacial score (nSPS) is 31.9. The predicted molar refractivity (Wildman–Crippen MR) is 77.7 cm³/mol. The Labute approximate surface area is 128 Å². The molecule has 0 saturated heterocycles. The molecule has 1 aromatic carbocycles. The van der Waals surface area contributed by atoms with E-state index in [9.17, 15) is 23.9 Å². The number of ketones is 3. The summed E-state index contributed by atoms with van der Waals surface area (Å²) in [5.74, 6) is -4.11. The van der Waals surface area contributed by atoms with Gasteiger partial charge < -0.3 is 5.11 Å². The largest absolute Gasteiger partial charge is 0.389 e. The molecule has 1 saturated carbocycles. The predicted octanol–water partition coefficient (Wildman–Crippen LogP) is 2.04. The summed E-state index contributed by atoms with van der Waals surface area (Å²) in [6, 6.07) is 5.36. The molecular weight excluding hydrogens is 287 g/mol. The van der Waals surface area contributed by atoms with Crippen molar-refractivity contribution in [3.8, 4) is 0 Å². The van der Waals surface area contributed by atoms with Crippen LogP contribution in [0.2, 0.25) is 0 Å². The number of hydrogen-bond donors (Lipinski definition) is 1. The van der Waals surface area contributed by atoms with Crippen LogP contribution in [-0.2, 0) is 14.4 Å². The van der Waals surface area contributed by atoms with Crippen LogP contribution in [0.25, 0.3) is 0 Å². The van der Waals surface area contributed by atoms with Crippen LogP contribution in [0.5, 0.6) is 0 Å². The Kier molecular flexibility index (Phi) is 4.29. The van der Waals surface area contributed by atoms with Gasteiger partial charge in [-0.15, -0.1) is 0 Å². The lowest BCUT2D eigenvalue weighted by molar-refractivity contribution is -0.151. The summed E-state index contributed by atoms with van der Waals surface area (Å²) < 4.78 is 13.1. The Balaban J connectivity index is 2.61. The Hall–Kier alpha value is -1.88. The topological polar surface area (TPSA) is 71.4 Å². The van der Waals surface area contributed by atoms with E-state index >= 15 is 0 Å². The van der Waals surface area contributed by atoms with Gasteiger partial charge in [0.25, 0.3) is 0 Å². The van der Waals surface area contributed by atoms with E-state index in [4.69, 9.17) is 0 Å². The highest BCUT2D eigenvalue weighted by atomic mass is 19.1. The van der Waals surface area contributed by atoms with E-state index in [0.29, 0.717) is 5.56 Å². The molecule has 1 fully saturated rings. The molecule has 1 aromatic rings. The quantitative estimate of drug-likeness (QED) is 0.868. The highest BCUT2D eigenvalue weighted by Crippen LogP contribution is 2.46. The zero-order chi connectivity index (χ0) is 16.7. The van der Waals surface area contributed by atoms with Crippen molar-refractivity contribution in [3.05, 3.63) is 35.6 Å². The fraction of sp³-hybridized carbons (Fsp3) is 0.471. The fourth-order valence-corrected chi connectivity index (χ4v) is 3.59. The molecule has 1 aliphatic carbocycles. The minimum atomic E-state index is -1.52. The lowest BCUT2D eigenvalue weighted by atomic mass is 9.60. The second-order valence-electron chi connectivity index (χ2n) is 6.25. The first-order valence-electron chi connectivity index (χ1n) is 7.16. The van der Waals surface area contributed by atoms with Gasteiger partial charge in [-0.2, -0.15) is 0 Å². The third-order valence-electron chi connectivity index (χ3n) is 4.40. The van der Waals surface area contributed by atoms with E-state index in [1.165, 1.54) is 45.0 Å². The molecule has 1 N–H and O–H groups in total. The van der Waals surface area contributed by atoms with Crippen LogP contribution >= 0.6 is 0 Å². The molecule has 0 radical (unpaired) electrons. The van der Waals surface area contributed by atoms with Gasteiger partial charge in [-0.25, -0.2) is 4.39 Å². The van der Waals surface area contributed by atoms with Gasteiger partial charge in [0.05, 0.1) is 17.4 Å². The van der Waals surface area contributed by atoms with Crippen molar-refractivity contribution >= 4 is 17.3 Å². The van der Waals surface area contributed by atoms with Crippen LogP contribution in [0, 0.1) is 17.7 Å². The molecule has 4 nitrogen and oxygen atoms in total. The van der Waals surface area contributed by atoms with E-state index in [0.717, 1.165) is 0 Å². The first kappa shape index (κ1) is 16.5. The second kappa shape index (κ2) is 5.72. The number of rotatable bonds is 3. The second-order valence-corrected chi connectivity index (χ2v) is 6.25. The van der Waals surface area contributed by atoms with Gasteiger partial charge in [-0.1, -0.05) is 12.1 Å². The smallest absolute Gasteiger partial charge is 0.146 e. The number of carbonyl (C=O) groups is 3. The summed E-state index contributed by atoms with van der Waals surface area (Å²) in [6.07, 6.45) is -0.237. The Bertz CT molecular complexity index is 618. The third-order valence-corrected chi connectivity index (χ3v) is 4.40. The van der Waals surface area contributed by atoms with Crippen molar-refractivity contribution in [1.29, 1.82) is 0 Å². The van der Waals surface area contributed by atoms with Gasteiger partial charge in [0, 0.05) is 12.3 Å². The summed E-state index contributed by atoms with van der Waals surface area (Å²) in [5, 5.41) is 10.5. The van der Waals surface area contributed by atoms with Crippen LogP contribution in [0.1, 0.15) is 38.7 Å². The first-order valence-corrected chi connectivity index (χ1v) is 7.16. The number of carbonyl (C=O) groups excluding carboxylic acids is 3. The first-order chi connectivity index (χ1) is 10.1. The van der Waals surface area contributed by atoms with Crippen molar-refractivity contribution < 1.29 is 23.9 Å². The fourth-order valence-electron chi connectivity index (χ4n) is 3.59. The Morgan fingerprint density at radius 1 is 1.18 bits per heavy atom. The highest BCUT2D eigenvalue weighted by Gasteiger charge is 2.53. The molecule has 4 atom stereocenters. The molecule has 0 unspecified atom stereocenters.